The molecule has 0 spiro atoms. The first-order chi connectivity index (χ1) is 12.1. The van der Waals surface area contributed by atoms with Crippen molar-refractivity contribution in [3.63, 3.8) is 0 Å². The fraction of sp³-hybridized carbons (Fsp3) is 0.316. The van der Waals surface area contributed by atoms with Crippen LogP contribution in [0.15, 0.2) is 53.5 Å². The highest BCUT2D eigenvalue weighted by Crippen LogP contribution is 2.57. The Bertz CT molecular complexity index is 794. The quantitative estimate of drug-likeness (QED) is 0.773. The van der Waals surface area contributed by atoms with Crippen molar-refractivity contribution in [3.05, 3.63) is 69.7 Å². The van der Waals surface area contributed by atoms with Crippen molar-refractivity contribution < 1.29 is 5.11 Å². The van der Waals surface area contributed by atoms with E-state index >= 15 is 0 Å². The van der Waals surface area contributed by atoms with E-state index in [-0.39, 0.29) is 5.25 Å². The molecule has 2 aliphatic rings. The van der Waals surface area contributed by atoms with Crippen molar-refractivity contribution in [1.82, 2.24) is 4.90 Å². The van der Waals surface area contributed by atoms with E-state index in [2.05, 4.69) is 0 Å². The first kappa shape index (κ1) is 17.2. The molecule has 0 aromatic heterocycles. The molecule has 1 saturated heterocycles. The highest BCUT2D eigenvalue weighted by molar-refractivity contribution is 8.14. The van der Waals surface area contributed by atoms with Gasteiger partial charge in [-0.05, 0) is 30.5 Å². The monoisotopic (exact) mass is 392 g/mol. The molecule has 1 N–H and O–H groups in total. The molecule has 2 aromatic rings. The van der Waals surface area contributed by atoms with Crippen LogP contribution < -0.4 is 0 Å². The Morgan fingerprint density at radius 2 is 1.76 bits per heavy atom. The van der Waals surface area contributed by atoms with Gasteiger partial charge >= 0.3 is 0 Å². The number of amidine groups is 1. The summed E-state index contributed by atoms with van der Waals surface area (Å²) in [7, 11) is 0. The molecule has 3 nitrogen and oxygen atoms in total. The van der Waals surface area contributed by atoms with Crippen LogP contribution in [0.1, 0.15) is 29.2 Å². The van der Waals surface area contributed by atoms with Crippen molar-refractivity contribution in [2.75, 3.05) is 13.1 Å². The van der Waals surface area contributed by atoms with Crippen LogP contribution in [0, 0.1) is 0 Å². The van der Waals surface area contributed by atoms with E-state index in [9.17, 15) is 5.11 Å². The van der Waals surface area contributed by atoms with Crippen LogP contribution >= 0.6 is 35.0 Å². The zero-order valence-corrected chi connectivity index (χ0v) is 15.9. The van der Waals surface area contributed by atoms with Gasteiger partial charge in [0.2, 0.25) is 0 Å². The molecule has 0 aliphatic carbocycles. The van der Waals surface area contributed by atoms with Gasteiger partial charge in [-0.2, -0.15) is 0 Å². The number of hydrogen-bond acceptors (Lipinski definition) is 4. The molecule has 4 rings (SSSR count). The second-order valence-electron chi connectivity index (χ2n) is 6.25. The van der Waals surface area contributed by atoms with E-state index in [1.165, 1.54) is 0 Å². The summed E-state index contributed by atoms with van der Waals surface area (Å²) in [5, 5.41) is 13.6. The standard InChI is InChI=1S/C19H18Cl2N2OS/c20-14-9-6-10-15(21)16(14)19(24)17(13-7-2-1-3-8-13)25-18-22-11-4-5-12-23(18)19/h1-3,6-10,17,24H,4-5,11-12H2. The lowest BCUT2D eigenvalue weighted by Crippen LogP contribution is -2.46. The Hall–Kier alpha value is -1.20. The molecule has 0 bridgehead atoms. The molecular weight excluding hydrogens is 375 g/mol. The lowest BCUT2D eigenvalue weighted by Gasteiger charge is -2.38. The second kappa shape index (κ2) is 6.84. The number of aliphatic hydroxyl groups is 1. The molecule has 0 saturated carbocycles. The van der Waals surface area contributed by atoms with Gasteiger partial charge in [-0.3, -0.25) is 4.99 Å². The molecule has 130 valence electrons. The molecular formula is C19H18Cl2N2OS. The summed E-state index contributed by atoms with van der Waals surface area (Å²) in [6.45, 7) is 1.51. The maximum atomic E-state index is 12.0. The molecule has 6 heteroatoms. The zero-order valence-electron chi connectivity index (χ0n) is 13.5. The van der Waals surface area contributed by atoms with Gasteiger partial charge in [-0.1, -0.05) is 71.4 Å². The third kappa shape index (κ3) is 2.85. The van der Waals surface area contributed by atoms with E-state index in [1.807, 2.05) is 35.2 Å². The number of fused-ring (bicyclic) bond motifs is 1. The average Bonchev–Trinajstić information content (AvgIpc) is 2.76. The summed E-state index contributed by atoms with van der Waals surface area (Å²) in [5.74, 6) is 0. The Morgan fingerprint density at radius 1 is 1.04 bits per heavy atom. The van der Waals surface area contributed by atoms with E-state index in [0.29, 0.717) is 15.6 Å². The summed E-state index contributed by atoms with van der Waals surface area (Å²) >= 11 is 14.6. The Balaban J connectivity index is 1.93. The lowest BCUT2D eigenvalue weighted by molar-refractivity contribution is -0.0710. The van der Waals surface area contributed by atoms with Crippen LogP contribution in [0.25, 0.3) is 0 Å². The molecule has 2 aromatic carbocycles. The van der Waals surface area contributed by atoms with Gasteiger partial charge in [-0.25, -0.2) is 0 Å². The van der Waals surface area contributed by atoms with Crippen molar-refractivity contribution in [3.8, 4) is 0 Å². The smallest absolute Gasteiger partial charge is 0.185 e. The Morgan fingerprint density at radius 3 is 2.48 bits per heavy atom. The van der Waals surface area contributed by atoms with Gasteiger partial charge < -0.3 is 10.0 Å². The number of halogens is 2. The maximum Gasteiger partial charge on any atom is 0.185 e. The van der Waals surface area contributed by atoms with Crippen LogP contribution in [-0.4, -0.2) is 28.3 Å². The number of benzene rings is 2. The third-order valence-electron chi connectivity index (χ3n) is 4.70. The number of rotatable bonds is 2. The topological polar surface area (TPSA) is 35.8 Å². The van der Waals surface area contributed by atoms with E-state index in [4.69, 9.17) is 28.2 Å². The summed E-state index contributed by atoms with van der Waals surface area (Å²) in [4.78, 5) is 6.68. The van der Waals surface area contributed by atoms with E-state index in [0.717, 1.165) is 36.7 Å². The first-order valence-electron chi connectivity index (χ1n) is 8.33. The largest absolute Gasteiger partial charge is 0.365 e. The molecule has 2 atom stereocenters. The molecule has 2 heterocycles. The predicted octanol–water partition coefficient (Wildman–Crippen LogP) is 5.08. The molecule has 0 amide bonds. The van der Waals surface area contributed by atoms with Crippen molar-refractivity contribution in [1.29, 1.82) is 0 Å². The van der Waals surface area contributed by atoms with E-state index < -0.39 is 5.72 Å². The predicted molar refractivity (Wildman–Crippen MR) is 105 cm³/mol. The number of aliphatic imine (C=N–C) groups is 1. The van der Waals surface area contributed by atoms with Gasteiger partial charge in [0.15, 0.2) is 10.9 Å². The summed E-state index contributed by atoms with van der Waals surface area (Å²) < 4.78 is 0. The van der Waals surface area contributed by atoms with Crippen molar-refractivity contribution in [2.45, 2.75) is 23.8 Å². The Labute approximate surface area is 161 Å². The second-order valence-corrected chi connectivity index (χ2v) is 8.14. The normalized spacial score (nSPS) is 26.1. The molecule has 2 aliphatic heterocycles. The van der Waals surface area contributed by atoms with Crippen LogP contribution in [-0.2, 0) is 5.72 Å². The molecule has 1 fully saturated rings. The first-order valence-corrected chi connectivity index (χ1v) is 9.96. The fourth-order valence-electron chi connectivity index (χ4n) is 3.53. The summed E-state index contributed by atoms with van der Waals surface area (Å²) in [6.07, 6.45) is 1.99. The highest BCUT2D eigenvalue weighted by atomic mass is 35.5. The summed E-state index contributed by atoms with van der Waals surface area (Å²) in [5.41, 5.74) is 0.262. The molecule has 25 heavy (non-hydrogen) atoms. The third-order valence-corrected chi connectivity index (χ3v) is 6.73. The van der Waals surface area contributed by atoms with Crippen LogP contribution in [0.4, 0.5) is 0 Å². The maximum absolute atomic E-state index is 12.0. The van der Waals surface area contributed by atoms with E-state index in [1.54, 1.807) is 30.0 Å². The molecule has 0 radical (unpaired) electrons. The van der Waals surface area contributed by atoms with Crippen LogP contribution in [0.5, 0.6) is 0 Å². The van der Waals surface area contributed by atoms with Gasteiger partial charge in [-0.15, -0.1) is 0 Å². The number of nitrogens with zero attached hydrogens (tertiary/aromatic N) is 2. The van der Waals surface area contributed by atoms with Gasteiger partial charge in [0.25, 0.3) is 0 Å². The average molecular weight is 393 g/mol. The minimum Gasteiger partial charge on any atom is -0.365 e. The van der Waals surface area contributed by atoms with Gasteiger partial charge in [0.1, 0.15) is 0 Å². The number of thioether (sulfide) groups is 1. The van der Waals surface area contributed by atoms with Gasteiger partial charge in [0.05, 0.1) is 15.3 Å². The van der Waals surface area contributed by atoms with Crippen molar-refractivity contribution in [2.24, 2.45) is 4.99 Å². The number of hydrogen-bond donors (Lipinski definition) is 1. The fourth-order valence-corrected chi connectivity index (χ4v) is 5.64. The van der Waals surface area contributed by atoms with Crippen LogP contribution in [0.3, 0.4) is 0 Å². The highest BCUT2D eigenvalue weighted by Gasteiger charge is 2.55. The lowest BCUT2D eigenvalue weighted by atomic mass is 9.92. The SMILES string of the molecule is OC1(c2c(Cl)cccc2Cl)C(c2ccccc2)SC2=NCCCCN21. The van der Waals surface area contributed by atoms with Gasteiger partial charge in [0, 0.05) is 18.7 Å². The van der Waals surface area contributed by atoms with Crippen LogP contribution in [0.2, 0.25) is 10.0 Å². The minimum absolute atomic E-state index is 0.247. The molecule has 2 unspecified atom stereocenters. The minimum atomic E-state index is -1.33. The summed E-state index contributed by atoms with van der Waals surface area (Å²) in [6, 6.07) is 15.3. The van der Waals surface area contributed by atoms with Crippen molar-refractivity contribution >= 4 is 40.1 Å². The Kier molecular flexibility index (Phi) is 4.71. The zero-order chi connectivity index (χ0) is 17.4.